The average Bonchev–Trinajstić information content (AvgIpc) is 2.38. The van der Waals surface area contributed by atoms with E-state index < -0.39 is 15.8 Å². The quantitative estimate of drug-likeness (QED) is 0.838. The van der Waals surface area contributed by atoms with E-state index in [9.17, 15) is 17.6 Å². The highest BCUT2D eigenvalue weighted by Crippen LogP contribution is 2.26. The Morgan fingerprint density at radius 3 is 2.43 bits per heavy atom. The zero-order valence-electron chi connectivity index (χ0n) is 11.2. The molecule has 0 heterocycles. The van der Waals surface area contributed by atoms with Crippen LogP contribution < -0.4 is 10.5 Å². The summed E-state index contributed by atoms with van der Waals surface area (Å²) in [5.74, 6) is -1.35. The molecule has 5 nitrogen and oxygen atoms in total. The van der Waals surface area contributed by atoms with Gasteiger partial charge in [-0.3, -0.25) is 4.79 Å². The van der Waals surface area contributed by atoms with E-state index in [0.29, 0.717) is 30.2 Å². The molecule has 1 aromatic carbocycles. The van der Waals surface area contributed by atoms with Crippen molar-refractivity contribution >= 4 is 31.9 Å². The molecule has 0 bridgehead atoms. The van der Waals surface area contributed by atoms with Gasteiger partial charge in [-0.15, -0.1) is 0 Å². The number of nitrogens with one attached hydrogen (secondary N) is 1. The lowest BCUT2D eigenvalue weighted by Gasteiger charge is -2.27. The van der Waals surface area contributed by atoms with Gasteiger partial charge in [0, 0.05) is 16.4 Å². The van der Waals surface area contributed by atoms with Crippen molar-refractivity contribution in [3.05, 3.63) is 28.5 Å². The fourth-order valence-electron chi connectivity index (χ4n) is 2.47. The van der Waals surface area contributed by atoms with Crippen LogP contribution in [0.5, 0.6) is 0 Å². The van der Waals surface area contributed by atoms with Crippen molar-refractivity contribution in [2.24, 2.45) is 11.7 Å². The zero-order chi connectivity index (χ0) is 15.6. The molecule has 0 saturated heterocycles. The Labute approximate surface area is 131 Å². The molecule has 0 spiro atoms. The van der Waals surface area contributed by atoms with Crippen molar-refractivity contribution < 1.29 is 17.6 Å². The summed E-state index contributed by atoms with van der Waals surface area (Å²) in [5.41, 5.74) is 5.23. The molecule has 1 aromatic rings. The van der Waals surface area contributed by atoms with Gasteiger partial charge >= 0.3 is 0 Å². The Morgan fingerprint density at radius 1 is 1.29 bits per heavy atom. The van der Waals surface area contributed by atoms with Crippen molar-refractivity contribution in [3.8, 4) is 0 Å². The second-order valence-electron chi connectivity index (χ2n) is 5.15. The zero-order valence-corrected chi connectivity index (χ0v) is 13.6. The molecular weight excluding hydrogens is 363 g/mol. The molecular formula is C13H16BrFN2O3S. The van der Waals surface area contributed by atoms with Gasteiger partial charge in [-0.25, -0.2) is 17.5 Å². The second kappa shape index (κ2) is 6.41. The molecule has 1 amide bonds. The topological polar surface area (TPSA) is 89.3 Å². The molecule has 0 atom stereocenters. The van der Waals surface area contributed by atoms with Gasteiger partial charge < -0.3 is 5.73 Å². The average molecular weight is 379 g/mol. The Bertz CT molecular complexity index is 643. The Morgan fingerprint density at radius 2 is 1.90 bits per heavy atom. The largest absolute Gasteiger partial charge is 0.369 e. The highest BCUT2D eigenvalue weighted by molar-refractivity contribution is 9.10. The van der Waals surface area contributed by atoms with E-state index in [4.69, 9.17) is 5.73 Å². The van der Waals surface area contributed by atoms with Crippen LogP contribution in [0, 0.1) is 11.7 Å². The van der Waals surface area contributed by atoms with Gasteiger partial charge in [0.05, 0.1) is 0 Å². The number of hydrogen-bond acceptors (Lipinski definition) is 3. The maximum Gasteiger partial charge on any atom is 0.243 e. The molecule has 0 radical (unpaired) electrons. The van der Waals surface area contributed by atoms with Crippen LogP contribution in [0.3, 0.4) is 0 Å². The van der Waals surface area contributed by atoms with Crippen LogP contribution in [0.15, 0.2) is 27.6 Å². The second-order valence-corrected chi connectivity index (χ2v) is 7.75. The number of sulfonamides is 1. The molecule has 0 aromatic heterocycles. The summed E-state index contributed by atoms with van der Waals surface area (Å²) >= 11 is 3.08. The lowest BCUT2D eigenvalue weighted by Crippen LogP contribution is -2.39. The minimum atomic E-state index is -3.91. The summed E-state index contributed by atoms with van der Waals surface area (Å²) < 4.78 is 41.1. The van der Waals surface area contributed by atoms with Gasteiger partial charge in [0.25, 0.3) is 0 Å². The number of halogens is 2. The van der Waals surface area contributed by atoms with Crippen molar-refractivity contribution in [2.45, 2.75) is 36.6 Å². The molecule has 1 fully saturated rings. The summed E-state index contributed by atoms with van der Waals surface area (Å²) in [6, 6.07) is 3.51. The third kappa shape index (κ3) is 4.02. The molecule has 0 unspecified atom stereocenters. The van der Waals surface area contributed by atoms with Gasteiger partial charge in [0.2, 0.25) is 15.9 Å². The van der Waals surface area contributed by atoms with Gasteiger partial charge in [0.1, 0.15) is 10.7 Å². The minimum absolute atomic E-state index is 0.199. The molecule has 1 saturated carbocycles. The molecule has 116 valence electrons. The van der Waals surface area contributed by atoms with E-state index >= 15 is 0 Å². The number of rotatable bonds is 4. The predicted molar refractivity (Wildman–Crippen MR) is 79.4 cm³/mol. The van der Waals surface area contributed by atoms with E-state index in [1.165, 1.54) is 12.1 Å². The molecule has 8 heteroatoms. The van der Waals surface area contributed by atoms with Crippen molar-refractivity contribution in [1.29, 1.82) is 0 Å². The summed E-state index contributed by atoms with van der Waals surface area (Å²) in [5, 5.41) is 0. The predicted octanol–water partition coefficient (Wildman–Crippen LogP) is 1.91. The minimum Gasteiger partial charge on any atom is -0.369 e. The molecule has 1 aliphatic carbocycles. The van der Waals surface area contributed by atoms with Crippen LogP contribution in [0.4, 0.5) is 4.39 Å². The van der Waals surface area contributed by atoms with Gasteiger partial charge in [-0.05, 0) is 43.9 Å². The fourth-order valence-corrected chi connectivity index (χ4v) is 4.17. The highest BCUT2D eigenvalue weighted by atomic mass is 79.9. The summed E-state index contributed by atoms with van der Waals surface area (Å²) in [7, 11) is -3.91. The van der Waals surface area contributed by atoms with Gasteiger partial charge in [-0.2, -0.15) is 0 Å². The summed E-state index contributed by atoms with van der Waals surface area (Å²) in [6.45, 7) is 0. The number of benzene rings is 1. The van der Waals surface area contributed by atoms with Crippen molar-refractivity contribution in [3.63, 3.8) is 0 Å². The highest BCUT2D eigenvalue weighted by Gasteiger charge is 2.29. The molecule has 0 aliphatic heterocycles. The van der Waals surface area contributed by atoms with E-state index in [-0.39, 0.29) is 22.8 Å². The van der Waals surface area contributed by atoms with Crippen LogP contribution in [0.25, 0.3) is 0 Å². The van der Waals surface area contributed by atoms with Gasteiger partial charge in [-0.1, -0.05) is 15.9 Å². The first kappa shape index (κ1) is 16.4. The van der Waals surface area contributed by atoms with Crippen LogP contribution in [0.1, 0.15) is 25.7 Å². The van der Waals surface area contributed by atoms with Crippen molar-refractivity contribution in [2.75, 3.05) is 0 Å². The lowest BCUT2D eigenvalue weighted by atomic mass is 9.86. The maximum absolute atomic E-state index is 13.8. The first-order valence-corrected chi connectivity index (χ1v) is 8.84. The smallest absolute Gasteiger partial charge is 0.243 e. The molecule has 2 rings (SSSR count). The Hall–Kier alpha value is -0.990. The molecule has 3 N–H and O–H groups in total. The number of hydrogen-bond donors (Lipinski definition) is 2. The number of nitrogens with two attached hydrogens (primary N) is 1. The van der Waals surface area contributed by atoms with Gasteiger partial charge in [0.15, 0.2) is 0 Å². The lowest BCUT2D eigenvalue weighted by molar-refractivity contribution is -0.122. The number of carbonyl (C=O) groups excluding carboxylic acids is 1. The third-order valence-corrected chi connectivity index (χ3v) is 5.68. The first-order valence-electron chi connectivity index (χ1n) is 6.56. The maximum atomic E-state index is 13.8. The van der Waals surface area contributed by atoms with E-state index in [0.717, 1.165) is 6.07 Å². The SMILES string of the molecule is NC(=O)C1CCC(NS(=O)(=O)c2ccc(Br)cc2F)CC1. The summed E-state index contributed by atoms with van der Waals surface area (Å²) in [4.78, 5) is 10.7. The first-order chi connectivity index (χ1) is 9.79. The van der Waals surface area contributed by atoms with Crippen LogP contribution >= 0.6 is 15.9 Å². The summed E-state index contributed by atoms with van der Waals surface area (Å²) in [6.07, 6.45) is 2.13. The third-order valence-electron chi connectivity index (χ3n) is 3.63. The standard InChI is InChI=1S/C13H16BrFN2O3S/c14-9-3-6-12(11(15)7-9)21(19,20)17-10-4-1-8(2-5-10)13(16)18/h3,6-8,10,17H,1-2,4-5H2,(H2,16,18). The van der Waals surface area contributed by atoms with Crippen LogP contribution in [0.2, 0.25) is 0 Å². The van der Waals surface area contributed by atoms with Crippen LogP contribution in [-0.4, -0.2) is 20.4 Å². The Balaban J connectivity index is 2.07. The molecule has 1 aliphatic rings. The monoisotopic (exact) mass is 378 g/mol. The number of amides is 1. The van der Waals surface area contributed by atoms with E-state index in [2.05, 4.69) is 20.7 Å². The fraction of sp³-hybridized carbons (Fsp3) is 0.462. The Kier molecular flexibility index (Phi) is 5.00. The van der Waals surface area contributed by atoms with E-state index in [1.54, 1.807) is 0 Å². The molecule has 21 heavy (non-hydrogen) atoms. The van der Waals surface area contributed by atoms with E-state index in [1.807, 2.05) is 0 Å². The number of carbonyl (C=O) groups is 1. The number of primary amides is 1. The normalized spacial score (nSPS) is 23.0. The van der Waals surface area contributed by atoms with Crippen LogP contribution in [-0.2, 0) is 14.8 Å². The van der Waals surface area contributed by atoms with Crippen molar-refractivity contribution in [1.82, 2.24) is 4.72 Å².